The summed E-state index contributed by atoms with van der Waals surface area (Å²) in [5.74, 6) is -0.0439. The van der Waals surface area contributed by atoms with Gasteiger partial charge in [0, 0.05) is 44.2 Å². The Morgan fingerprint density at radius 2 is 2.21 bits per heavy atom. The van der Waals surface area contributed by atoms with E-state index in [4.69, 9.17) is 16.3 Å². The van der Waals surface area contributed by atoms with Crippen LogP contribution in [0.3, 0.4) is 0 Å². The van der Waals surface area contributed by atoms with E-state index in [0.29, 0.717) is 43.9 Å². The Hall–Kier alpha value is -2.47. The van der Waals surface area contributed by atoms with Gasteiger partial charge in [-0.15, -0.1) is 0 Å². The minimum Gasteiger partial charge on any atom is -0.379 e. The van der Waals surface area contributed by atoms with E-state index in [1.54, 1.807) is 41.5 Å². The first-order valence-electron chi connectivity index (χ1n) is 9.68. The highest BCUT2D eigenvalue weighted by Gasteiger charge is 2.49. The number of halogens is 1. The van der Waals surface area contributed by atoms with Crippen molar-refractivity contribution in [3.63, 3.8) is 0 Å². The van der Waals surface area contributed by atoms with Gasteiger partial charge < -0.3 is 15.0 Å². The third-order valence-corrected chi connectivity index (χ3v) is 6.18. The number of hydrogen-bond acceptors (Lipinski definition) is 6. The standard InChI is InChI=1S/C20H23ClN6O2/c1-29-16-8-15(9-22)26(13-16)19(28)20(3-6-23-7-4-20)17-11-24-5-2-18(17)27-12-14(21)10-25-27/h2,5,10-12,15-16,23H,3-4,6-8,13H2,1H3/t15-,16-/m1/s1. The Morgan fingerprint density at radius 1 is 1.41 bits per heavy atom. The summed E-state index contributed by atoms with van der Waals surface area (Å²) in [7, 11) is 1.62. The fourth-order valence-corrected chi connectivity index (χ4v) is 4.57. The molecule has 1 amide bonds. The molecular weight excluding hydrogens is 392 g/mol. The molecule has 29 heavy (non-hydrogen) atoms. The normalized spacial score (nSPS) is 23.7. The van der Waals surface area contributed by atoms with Crippen molar-refractivity contribution in [1.29, 1.82) is 5.26 Å². The van der Waals surface area contributed by atoms with E-state index < -0.39 is 11.5 Å². The van der Waals surface area contributed by atoms with Crippen LogP contribution in [-0.4, -0.2) is 64.5 Å². The number of carbonyl (C=O) groups is 1. The van der Waals surface area contributed by atoms with Crippen LogP contribution in [0.4, 0.5) is 0 Å². The fraction of sp³-hybridized carbons (Fsp3) is 0.500. The lowest BCUT2D eigenvalue weighted by atomic mass is 9.71. The molecule has 2 aromatic heterocycles. The maximum atomic E-state index is 14.0. The number of amides is 1. The van der Waals surface area contributed by atoms with Crippen LogP contribution in [0, 0.1) is 11.3 Å². The average Bonchev–Trinajstić information content (AvgIpc) is 3.39. The predicted molar refractivity (Wildman–Crippen MR) is 107 cm³/mol. The number of rotatable bonds is 4. The Balaban J connectivity index is 1.80. The fourth-order valence-electron chi connectivity index (χ4n) is 4.43. The summed E-state index contributed by atoms with van der Waals surface area (Å²) in [6, 6.07) is 3.63. The molecule has 2 aliphatic heterocycles. The number of likely N-dealkylation sites (tertiary alicyclic amines) is 1. The zero-order valence-corrected chi connectivity index (χ0v) is 17.0. The summed E-state index contributed by atoms with van der Waals surface area (Å²) in [5, 5.41) is 17.8. The van der Waals surface area contributed by atoms with Crippen LogP contribution in [0.15, 0.2) is 30.9 Å². The molecule has 152 valence electrons. The highest BCUT2D eigenvalue weighted by atomic mass is 35.5. The van der Waals surface area contributed by atoms with Gasteiger partial charge in [0.05, 0.1) is 34.5 Å². The molecule has 2 fully saturated rings. The largest absolute Gasteiger partial charge is 0.379 e. The first kappa shape index (κ1) is 19.8. The van der Waals surface area contributed by atoms with Gasteiger partial charge in [0.1, 0.15) is 6.04 Å². The SMILES string of the molecule is CO[C@@H]1C[C@H](C#N)N(C(=O)C2(c3cnccc3-n3cc(Cl)cn3)CCNCC2)C1. The molecule has 0 bridgehead atoms. The number of piperidine rings is 1. The van der Waals surface area contributed by atoms with Crippen LogP contribution in [0.5, 0.6) is 0 Å². The second kappa shape index (κ2) is 8.11. The lowest BCUT2D eigenvalue weighted by Crippen LogP contribution is -2.53. The quantitative estimate of drug-likeness (QED) is 0.817. The van der Waals surface area contributed by atoms with Crippen molar-refractivity contribution in [3.05, 3.63) is 41.4 Å². The van der Waals surface area contributed by atoms with Gasteiger partial charge in [0.2, 0.25) is 5.91 Å². The molecule has 8 nitrogen and oxygen atoms in total. The van der Waals surface area contributed by atoms with Crippen LogP contribution >= 0.6 is 11.6 Å². The van der Waals surface area contributed by atoms with Crippen LogP contribution in [0.2, 0.25) is 5.02 Å². The zero-order chi connectivity index (χ0) is 20.4. The van der Waals surface area contributed by atoms with Gasteiger partial charge in [-0.25, -0.2) is 4.68 Å². The number of ether oxygens (including phenoxy) is 1. The number of nitrogens with one attached hydrogen (secondary N) is 1. The molecule has 0 spiro atoms. The van der Waals surface area contributed by atoms with Crippen molar-refractivity contribution < 1.29 is 9.53 Å². The summed E-state index contributed by atoms with van der Waals surface area (Å²) in [4.78, 5) is 20.0. The molecule has 4 heterocycles. The van der Waals surface area contributed by atoms with Crippen LogP contribution in [0.1, 0.15) is 24.8 Å². The molecule has 0 radical (unpaired) electrons. The van der Waals surface area contributed by atoms with Crippen LogP contribution in [0.25, 0.3) is 5.69 Å². The van der Waals surface area contributed by atoms with Crippen LogP contribution in [-0.2, 0) is 14.9 Å². The molecule has 0 aliphatic carbocycles. The smallest absolute Gasteiger partial charge is 0.234 e. The van der Waals surface area contributed by atoms with Gasteiger partial charge in [0.15, 0.2) is 0 Å². The topological polar surface area (TPSA) is 96.1 Å². The number of hydrogen-bond donors (Lipinski definition) is 1. The second-order valence-corrected chi connectivity index (χ2v) is 7.96. The van der Waals surface area contributed by atoms with E-state index in [0.717, 1.165) is 11.3 Å². The van der Waals surface area contributed by atoms with Crippen molar-refractivity contribution in [2.75, 3.05) is 26.7 Å². The Kier molecular flexibility index (Phi) is 5.54. The zero-order valence-electron chi connectivity index (χ0n) is 16.2. The summed E-state index contributed by atoms with van der Waals surface area (Å²) in [5.41, 5.74) is 0.798. The van der Waals surface area contributed by atoms with E-state index in [9.17, 15) is 10.1 Å². The number of methoxy groups -OCH3 is 1. The van der Waals surface area contributed by atoms with Crippen molar-refractivity contribution >= 4 is 17.5 Å². The van der Waals surface area contributed by atoms with E-state index in [1.807, 2.05) is 6.07 Å². The van der Waals surface area contributed by atoms with Crippen molar-refractivity contribution in [2.24, 2.45) is 0 Å². The number of aromatic nitrogens is 3. The summed E-state index contributed by atoms with van der Waals surface area (Å²) >= 11 is 6.09. The third-order valence-electron chi connectivity index (χ3n) is 5.98. The van der Waals surface area contributed by atoms with Gasteiger partial charge in [-0.1, -0.05) is 11.6 Å². The molecule has 2 atom stereocenters. The summed E-state index contributed by atoms with van der Waals surface area (Å²) in [6.07, 6.45) is 8.36. The maximum absolute atomic E-state index is 14.0. The molecule has 2 aliphatic rings. The monoisotopic (exact) mass is 414 g/mol. The lowest BCUT2D eigenvalue weighted by Gasteiger charge is -2.40. The van der Waals surface area contributed by atoms with E-state index in [-0.39, 0.29) is 12.0 Å². The maximum Gasteiger partial charge on any atom is 0.234 e. The van der Waals surface area contributed by atoms with Gasteiger partial charge in [-0.05, 0) is 32.0 Å². The second-order valence-electron chi connectivity index (χ2n) is 7.52. The number of nitrogens with zero attached hydrogens (tertiary/aromatic N) is 5. The van der Waals surface area contributed by atoms with Gasteiger partial charge >= 0.3 is 0 Å². The first-order chi connectivity index (χ1) is 14.1. The number of carbonyl (C=O) groups excluding carboxylic acids is 1. The van der Waals surface area contributed by atoms with Crippen LogP contribution < -0.4 is 5.32 Å². The van der Waals surface area contributed by atoms with Gasteiger partial charge in [0.25, 0.3) is 0 Å². The van der Waals surface area contributed by atoms with Crippen molar-refractivity contribution in [1.82, 2.24) is 25.0 Å². The minimum absolute atomic E-state index is 0.0439. The molecule has 1 N–H and O–H groups in total. The number of pyridine rings is 1. The van der Waals surface area contributed by atoms with E-state index >= 15 is 0 Å². The summed E-state index contributed by atoms with van der Waals surface area (Å²) < 4.78 is 7.13. The highest BCUT2D eigenvalue weighted by molar-refractivity contribution is 6.30. The van der Waals surface area contributed by atoms with Crippen molar-refractivity contribution in [3.8, 4) is 11.8 Å². The molecule has 0 unspecified atom stereocenters. The Bertz CT molecular complexity index is 933. The molecule has 9 heteroatoms. The minimum atomic E-state index is -0.787. The van der Waals surface area contributed by atoms with Crippen molar-refractivity contribution in [2.45, 2.75) is 36.8 Å². The van der Waals surface area contributed by atoms with Gasteiger partial charge in [-0.2, -0.15) is 10.4 Å². The summed E-state index contributed by atoms with van der Waals surface area (Å²) in [6.45, 7) is 1.84. The molecule has 2 saturated heterocycles. The molecule has 0 saturated carbocycles. The number of nitriles is 1. The van der Waals surface area contributed by atoms with Gasteiger partial charge in [-0.3, -0.25) is 9.78 Å². The molecule has 0 aromatic carbocycles. The Morgan fingerprint density at radius 3 is 2.86 bits per heavy atom. The first-order valence-corrected chi connectivity index (χ1v) is 10.1. The molecule has 4 rings (SSSR count). The van der Waals surface area contributed by atoms with E-state index in [2.05, 4.69) is 21.5 Å². The average molecular weight is 415 g/mol. The predicted octanol–water partition coefficient (Wildman–Crippen LogP) is 1.68. The highest BCUT2D eigenvalue weighted by Crippen LogP contribution is 2.40. The third kappa shape index (κ3) is 3.50. The Labute approximate surface area is 174 Å². The molecule has 2 aromatic rings. The molecular formula is C20H23ClN6O2. The lowest BCUT2D eigenvalue weighted by molar-refractivity contribution is -0.139. The van der Waals surface area contributed by atoms with E-state index in [1.165, 1.54) is 0 Å².